The second-order valence-corrected chi connectivity index (χ2v) is 1.35. The molecule has 0 saturated carbocycles. The Morgan fingerprint density at radius 2 is 1.56 bits per heavy atom. The molecular weight excluding hydrogens is 127 g/mol. The van der Waals surface area contributed by atoms with Gasteiger partial charge in [-0.15, -0.1) is 0 Å². The molecule has 1 aliphatic rings. The molecule has 0 aromatic rings. The fourth-order valence-electron chi connectivity index (χ4n) is 0.433. The summed E-state index contributed by atoms with van der Waals surface area (Å²) in [6.07, 6.45) is 0.525. The first-order chi connectivity index (χ1) is 4.29. The predicted octanol–water partition coefficient (Wildman–Crippen LogP) is 0.436. The zero-order valence-electron chi connectivity index (χ0n) is 5.02. The van der Waals surface area contributed by atoms with Crippen LogP contribution >= 0.6 is 0 Å². The summed E-state index contributed by atoms with van der Waals surface area (Å²) >= 11 is 0. The van der Waals surface area contributed by atoms with E-state index in [1.807, 2.05) is 0 Å². The third kappa shape index (κ3) is 2.79. The minimum Gasteiger partial charge on any atom is -0.393 e. The number of carbonyl (C=O) groups is 2. The Balaban J connectivity index is 0.000000291. The molecule has 0 radical (unpaired) electrons. The van der Waals surface area contributed by atoms with Crippen LogP contribution in [0.15, 0.2) is 0 Å². The normalized spacial score (nSPS) is 16.2. The number of alkyl halides is 1. The maximum atomic E-state index is 10.0. The minimum absolute atomic E-state index is 0.263. The van der Waals surface area contributed by atoms with Gasteiger partial charge in [-0.1, -0.05) is 0 Å². The Kier molecular flexibility index (Phi) is 3.59. The molecule has 1 aliphatic heterocycles. The summed E-state index contributed by atoms with van der Waals surface area (Å²) < 4.78 is 13.6. The van der Waals surface area contributed by atoms with E-state index in [4.69, 9.17) is 0 Å². The van der Waals surface area contributed by atoms with Crippen molar-refractivity contribution in [2.45, 2.75) is 12.8 Å². The molecule has 52 valence electrons. The smallest absolute Gasteiger partial charge is 0.314 e. The summed E-state index contributed by atoms with van der Waals surface area (Å²) in [4.78, 5) is 20.0. The highest BCUT2D eigenvalue weighted by atomic mass is 19.1. The first-order valence-electron chi connectivity index (χ1n) is 2.40. The lowest BCUT2D eigenvalue weighted by Crippen LogP contribution is -1.94. The lowest BCUT2D eigenvalue weighted by atomic mass is 10.4. The molecule has 1 rings (SSSR count). The molecule has 0 atom stereocenters. The molecular formula is C5H7FO3. The van der Waals surface area contributed by atoms with Gasteiger partial charge >= 0.3 is 11.9 Å². The molecule has 0 bridgehead atoms. The van der Waals surface area contributed by atoms with Crippen molar-refractivity contribution in [3.05, 3.63) is 0 Å². The van der Waals surface area contributed by atoms with E-state index >= 15 is 0 Å². The van der Waals surface area contributed by atoms with Crippen LogP contribution in [-0.2, 0) is 14.3 Å². The van der Waals surface area contributed by atoms with Gasteiger partial charge in [0.05, 0.1) is 20.0 Å². The van der Waals surface area contributed by atoms with E-state index in [0.717, 1.165) is 0 Å². The van der Waals surface area contributed by atoms with Crippen LogP contribution in [0, 0.1) is 0 Å². The zero-order chi connectivity index (χ0) is 7.28. The first-order valence-corrected chi connectivity index (χ1v) is 2.40. The van der Waals surface area contributed by atoms with Crippen molar-refractivity contribution >= 4 is 11.9 Å². The molecule has 1 heterocycles. The molecule has 0 unspecified atom stereocenters. The van der Waals surface area contributed by atoms with E-state index in [-0.39, 0.29) is 12.8 Å². The van der Waals surface area contributed by atoms with Crippen molar-refractivity contribution in [2.75, 3.05) is 7.18 Å². The second kappa shape index (κ2) is 4.00. The molecule has 0 amide bonds. The van der Waals surface area contributed by atoms with Crippen molar-refractivity contribution in [3.63, 3.8) is 0 Å². The Morgan fingerprint density at radius 1 is 1.22 bits per heavy atom. The minimum atomic E-state index is -0.398. The van der Waals surface area contributed by atoms with Crippen LogP contribution in [0.3, 0.4) is 0 Å². The number of cyclic esters (lactones) is 2. The summed E-state index contributed by atoms with van der Waals surface area (Å²) in [6, 6.07) is 0. The highest BCUT2D eigenvalue weighted by Gasteiger charge is 2.19. The molecule has 1 fully saturated rings. The number of hydrogen-bond donors (Lipinski definition) is 0. The van der Waals surface area contributed by atoms with Crippen LogP contribution in [0.1, 0.15) is 12.8 Å². The molecule has 0 spiro atoms. The maximum Gasteiger partial charge on any atom is 0.314 e. The number of esters is 2. The van der Waals surface area contributed by atoms with Gasteiger partial charge in [0.1, 0.15) is 0 Å². The van der Waals surface area contributed by atoms with Gasteiger partial charge in [0.15, 0.2) is 0 Å². The first kappa shape index (κ1) is 8.07. The highest BCUT2D eigenvalue weighted by Crippen LogP contribution is 2.03. The van der Waals surface area contributed by atoms with Gasteiger partial charge < -0.3 is 4.74 Å². The largest absolute Gasteiger partial charge is 0.393 e. The SMILES string of the molecule is CF.O=C1CCC(=O)O1. The number of halogens is 1. The van der Waals surface area contributed by atoms with Gasteiger partial charge in [0.25, 0.3) is 0 Å². The third-order valence-corrected chi connectivity index (χ3v) is 0.761. The number of ether oxygens (including phenoxy) is 1. The summed E-state index contributed by atoms with van der Waals surface area (Å²) in [6.45, 7) is 0. The molecule has 9 heavy (non-hydrogen) atoms. The van der Waals surface area contributed by atoms with E-state index in [1.54, 1.807) is 0 Å². The summed E-state index contributed by atoms with van der Waals surface area (Å²) in [5, 5.41) is 0. The third-order valence-electron chi connectivity index (χ3n) is 0.761. The van der Waals surface area contributed by atoms with Crippen molar-refractivity contribution in [1.29, 1.82) is 0 Å². The fourth-order valence-corrected chi connectivity index (χ4v) is 0.433. The molecule has 0 aromatic carbocycles. The van der Waals surface area contributed by atoms with Crippen LogP contribution in [0.4, 0.5) is 4.39 Å². The van der Waals surface area contributed by atoms with Crippen LogP contribution in [-0.4, -0.2) is 19.1 Å². The van der Waals surface area contributed by atoms with Crippen molar-refractivity contribution in [1.82, 2.24) is 0 Å². The average Bonchev–Trinajstić information content (AvgIpc) is 2.20. The van der Waals surface area contributed by atoms with Crippen LogP contribution in [0.2, 0.25) is 0 Å². The second-order valence-electron chi connectivity index (χ2n) is 1.35. The standard InChI is InChI=1S/C4H4O3.CH3F/c5-3-1-2-4(6)7-3;1-2/h1-2H2;1H3. The lowest BCUT2D eigenvalue weighted by molar-refractivity contribution is -0.151. The summed E-state index contributed by atoms with van der Waals surface area (Å²) in [5.74, 6) is -0.796. The maximum absolute atomic E-state index is 10.0. The van der Waals surface area contributed by atoms with E-state index in [0.29, 0.717) is 7.18 Å². The van der Waals surface area contributed by atoms with Crippen molar-refractivity contribution in [2.24, 2.45) is 0 Å². The fraction of sp³-hybridized carbons (Fsp3) is 0.600. The van der Waals surface area contributed by atoms with Gasteiger partial charge in [-0.3, -0.25) is 14.0 Å². The highest BCUT2D eigenvalue weighted by molar-refractivity contribution is 5.92. The Labute approximate surface area is 51.8 Å². The van der Waals surface area contributed by atoms with Gasteiger partial charge in [-0.25, -0.2) is 0 Å². The molecule has 0 aliphatic carbocycles. The van der Waals surface area contributed by atoms with Crippen molar-refractivity contribution in [3.8, 4) is 0 Å². The van der Waals surface area contributed by atoms with Crippen LogP contribution in [0.5, 0.6) is 0 Å². The lowest BCUT2D eigenvalue weighted by Gasteiger charge is -1.79. The van der Waals surface area contributed by atoms with Crippen LogP contribution in [0.25, 0.3) is 0 Å². The molecule has 0 N–H and O–H groups in total. The number of rotatable bonds is 0. The van der Waals surface area contributed by atoms with E-state index in [9.17, 15) is 14.0 Å². The molecule has 4 heteroatoms. The Hall–Kier alpha value is -0.930. The van der Waals surface area contributed by atoms with Crippen LogP contribution < -0.4 is 0 Å². The number of carbonyl (C=O) groups excluding carboxylic acids is 2. The quantitative estimate of drug-likeness (QED) is 0.356. The molecule has 3 nitrogen and oxygen atoms in total. The Bertz CT molecular complexity index is 107. The monoisotopic (exact) mass is 134 g/mol. The van der Waals surface area contributed by atoms with E-state index < -0.39 is 11.9 Å². The summed E-state index contributed by atoms with van der Waals surface area (Å²) in [7, 11) is 0.500. The predicted molar refractivity (Wildman–Crippen MR) is 27.4 cm³/mol. The zero-order valence-corrected chi connectivity index (χ0v) is 5.02. The molecule has 1 saturated heterocycles. The summed E-state index contributed by atoms with van der Waals surface area (Å²) in [5.41, 5.74) is 0. The van der Waals surface area contributed by atoms with Gasteiger partial charge in [-0.2, -0.15) is 0 Å². The van der Waals surface area contributed by atoms with Gasteiger partial charge in [0.2, 0.25) is 0 Å². The Morgan fingerprint density at radius 3 is 1.67 bits per heavy atom. The van der Waals surface area contributed by atoms with E-state index in [1.165, 1.54) is 0 Å². The number of hydrogen-bond acceptors (Lipinski definition) is 3. The topological polar surface area (TPSA) is 43.4 Å². The molecule has 0 aromatic heterocycles. The van der Waals surface area contributed by atoms with Crippen molar-refractivity contribution < 1.29 is 18.7 Å². The van der Waals surface area contributed by atoms with Gasteiger partial charge in [0, 0.05) is 0 Å². The van der Waals surface area contributed by atoms with E-state index in [2.05, 4.69) is 4.74 Å². The van der Waals surface area contributed by atoms with Gasteiger partial charge in [-0.05, 0) is 0 Å². The average molecular weight is 134 g/mol.